The normalized spacial score (nSPS) is 13.0. The minimum absolute atomic E-state index is 0.0283. The van der Waals surface area contributed by atoms with Crippen LogP contribution < -0.4 is 0 Å². The highest BCUT2D eigenvalue weighted by atomic mass is 16.6. The number of carbonyl (C=O) groups excluding carboxylic acids is 4. The number of cyclic esters (lactones) is 2. The van der Waals surface area contributed by atoms with Crippen molar-refractivity contribution in [3.8, 4) is 0 Å². The number of rotatable bonds is 2. The van der Waals surface area contributed by atoms with E-state index in [1.807, 2.05) is 0 Å². The van der Waals surface area contributed by atoms with Gasteiger partial charge in [0, 0.05) is 5.56 Å². The summed E-state index contributed by atoms with van der Waals surface area (Å²) in [5.41, 5.74) is 0.412. The standard InChI is InChI=1S/C15H8O6/c1-20-13(17)11-5-10-7(4-8(11)6-16)2-3-9-12(10)15(19)21-14(9)18/h2-6H,1H3. The third-order valence-electron chi connectivity index (χ3n) is 3.33. The molecule has 0 saturated heterocycles. The van der Waals surface area contributed by atoms with Crippen LogP contribution in [0.4, 0.5) is 0 Å². The summed E-state index contributed by atoms with van der Waals surface area (Å²) in [5.74, 6) is -2.19. The van der Waals surface area contributed by atoms with E-state index in [0.29, 0.717) is 17.1 Å². The van der Waals surface area contributed by atoms with Gasteiger partial charge in [-0.15, -0.1) is 0 Å². The molecule has 104 valence electrons. The molecule has 3 rings (SSSR count). The Labute approximate surface area is 118 Å². The molecule has 0 bridgehead atoms. The minimum atomic E-state index is -0.768. The third kappa shape index (κ3) is 1.80. The number of hydrogen-bond donors (Lipinski definition) is 0. The zero-order chi connectivity index (χ0) is 15.1. The molecule has 0 aromatic heterocycles. The van der Waals surface area contributed by atoms with Crippen molar-refractivity contribution < 1.29 is 28.7 Å². The van der Waals surface area contributed by atoms with Crippen LogP contribution in [0.5, 0.6) is 0 Å². The van der Waals surface area contributed by atoms with Gasteiger partial charge in [-0.1, -0.05) is 6.07 Å². The fourth-order valence-corrected chi connectivity index (χ4v) is 2.35. The van der Waals surface area contributed by atoms with Crippen molar-refractivity contribution in [2.75, 3.05) is 7.11 Å². The van der Waals surface area contributed by atoms with Gasteiger partial charge in [-0.2, -0.15) is 0 Å². The molecule has 0 unspecified atom stereocenters. The average molecular weight is 284 g/mol. The number of methoxy groups -OCH3 is 1. The topological polar surface area (TPSA) is 86.7 Å². The molecule has 0 amide bonds. The highest BCUT2D eigenvalue weighted by Gasteiger charge is 2.32. The van der Waals surface area contributed by atoms with Crippen molar-refractivity contribution in [2.45, 2.75) is 0 Å². The molecule has 2 aromatic carbocycles. The Morgan fingerprint density at radius 2 is 1.95 bits per heavy atom. The Kier molecular flexibility index (Phi) is 2.79. The molecule has 6 heteroatoms. The van der Waals surface area contributed by atoms with Gasteiger partial charge < -0.3 is 9.47 Å². The zero-order valence-corrected chi connectivity index (χ0v) is 10.8. The maximum Gasteiger partial charge on any atom is 0.347 e. The van der Waals surface area contributed by atoms with Crippen molar-refractivity contribution in [1.82, 2.24) is 0 Å². The van der Waals surface area contributed by atoms with Crippen molar-refractivity contribution in [3.05, 3.63) is 46.5 Å². The number of benzene rings is 2. The smallest absolute Gasteiger partial charge is 0.347 e. The van der Waals surface area contributed by atoms with E-state index in [9.17, 15) is 19.2 Å². The molecular weight excluding hydrogens is 276 g/mol. The summed E-state index contributed by atoms with van der Waals surface area (Å²) in [5, 5.41) is 0.921. The van der Waals surface area contributed by atoms with Crippen LogP contribution in [0.3, 0.4) is 0 Å². The Bertz CT molecular complexity index is 834. The average Bonchev–Trinajstić information content (AvgIpc) is 2.79. The Hall–Kier alpha value is -3.02. The molecule has 21 heavy (non-hydrogen) atoms. The lowest BCUT2D eigenvalue weighted by Gasteiger charge is -2.07. The lowest BCUT2D eigenvalue weighted by Crippen LogP contribution is -2.06. The molecule has 1 aliphatic rings. The van der Waals surface area contributed by atoms with Crippen LogP contribution >= 0.6 is 0 Å². The van der Waals surface area contributed by atoms with Gasteiger partial charge in [-0.3, -0.25) is 4.79 Å². The molecule has 6 nitrogen and oxygen atoms in total. The molecular formula is C15H8O6. The van der Waals surface area contributed by atoms with Gasteiger partial charge in [0.05, 0.1) is 23.8 Å². The zero-order valence-electron chi connectivity index (χ0n) is 10.8. The molecule has 1 heterocycles. The van der Waals surface area contributed by atoms with Gasteiger partial charge in [-0.05, 0) is 29.0 Å². The van der Waals surface area contributed by atoms with Gasteiger partial charge in [0.15, 0.2) is 6.29 Å². The third-order valence-corrected chi connectivity index (χ3v) is 3.33. The quantitative estimate of drug-likeness (QED) is 0.474. The second-order valence-electron chi connectivity index (χ2n) is 4.44. The number of aldehydes is 1. The van der Waals surface area contributed by atoms with Gasteiger partial charge in [0.25, 0.3) is 0 Å². The van der Waals surface area contributed by atoms with E-state index in [2.05, 4.69) is 9.47 Å². The van der Waals surface area contributed by atoms with Crippen molar-refractivity contribution in [1.29, 1.82) is 0 Å². The Morgan fingerprint density at radius 1 is 1.19 bits per heavy atom. The summed E-state index contributed by atoms with van der Waals surface area (Å²) < 4.78 is 9.17. The first-order valence-corrected chi connectivity index (χ1v) is 5.97. The number of fused-ring (bicyclic) bond motifs is 3. The van der Waals surface area contributed by atoms with E-state index in [0.717, 1.165) is 0 Å². The number of hydrogen-bond acceptors (Lipinski definition) is 6. The molecule has 0 saturated carbocycles. The van der Waals surface area contributed by atoms with Crippen LogP contribution in [-0.4, -0.2) is 31.3 Å². The van der Waals surface area contributed by atoms with Crippen molar-refractivity contribution >= 4 is 35.0 Å². The van der Waals surface area contributed by atoms with Crippen LogP contribution in [0.15, 0.2) is 24.3 Å². The number of carbonyl (C=O) groups is 4. The first-order valence-electron chi connectivity index (χ1n) is 5.97. The van der Waals surface area contributed by atoms with Gasteiger partial charge in [0.2, 0.25) is 0 Å². The first kappa shape index (κ1) is 13.0. The second-order valence-corrected chi connectivity index (χ2v) is 4.44. The maximum absolute atomic E-state index is 11.8. The van der Waals surface area contributed by atoms with Crippen molar-refractivity contribution in [2.24, 2.45) is 0 Å². The highest BCUT2D eigenvalue weighted by molar-refractivity contribution is 6.22. The van der Waals surface area contributed by atoms with Gasteiger partial charge >= 0.3 is 17.9 Å². The van der Waals surface area contributed by atoms with Crippen LogP contribution in [0.2, 0.25) is 0 Å². The molecule has 0 atom stereocenters. The van der Waals surface area contributed by atoms with Crippen molar-refractivity contribution in [3.63, 3.8) is 0 Å². The summed E-state index contributed by atoms with van der Waals surface area (Å²) in [6.45, 7) is 0. The Morgan fingerprint density at radius 3 is 2.62 bits per heavy atom. The monoisotopic (exact) mass is 284 g/mol. The fourth-order valence-electron chi connectivity index (χ4n) is 2.35. The summed E-state index contributed by atoms with van der Waals surface area (Å²) in [6, 6.07) is 5.87. The summed E-state index contributed by atoms with van der Waals surface area (Å²) >= 11 is 0. The van der Waals surface area contributed by atoms with E-state index in [-0.39, 0.29) is 22.3 Å². The van der Waals surface area contributed by atoms with Crippen LogP contribution in [0.1, 0.15) is 41.4 Å². The minimum Gasteiger partial charge on any atom is -0.465 e. The van der Waals surface area contributed by atoms with Crippen LogP contribution in [0, 0.1) is 0 Å². The summed E-state index contributed by atoms with van der Waals surface area (Å²) in [7, 11) is 1.19. The van der Waals surface area contributed by atoms with E-state index < -0.39 is 17.9 Å². The van der Waals surface area contributed by atoms with Crippen LogP contribution in [-0.2, 0) is 9.47 Å². The molecule has 0 radical (unpaired) electrons. The predicted molar refractivity (Wildman–Crippen MR) is 70.4 cm³/mol. The number of esters is 3. The lowest BCUT2D eigenvalue weighted by molar-refractivity contribution is 0.0443. The van der Waals surface area contributed by atoms with Gasteiger partial charge in [-0.25, -0.2) is 14.4 Å². The Balaban J connectivity index is 2.39. The highest BCUT2D eigenvalue weighted by Crippen LogP contribution is 2.30. The van der Waals surface area contributed by atoms with E-state index in [4.69, 9.17) is 0 Å². The number of ether oxygens (including phenoxy) is 2. The van der Waals surface area contributed by atoms with Gasteiger partial charge in [0.1, 0.15) is 0 Å². The van der Waals surface area contributed by atoms with E-state index >= 15 is 0 Å². The summed E-state index contributed by atoms with van der Waals surface area (Å²) in [4.78, 5) is 46.1. The molecule has 0 N–H and O–H groups in total. The second kappa shape index (κ2) is 4.52. The predicted octanol–water partition coefficient (Wildman–Crippen LogP) is 1.75. The summed E-state index contributed by atoms with van der Waals surface area (Å²) in [6.07, 6.45) is 0.530. The molecule has 2 aromatic rings. The fraction of sp³-hybridized carbons (Fsp3) is 0.0667. The molecule has 0 aliphatic carbocycles. The first-order chi connectivity index (χ1) is 10.1. The van der Waals surface area contributed by atoms with E-state index in [1.165, 1.54) is 25.3 Å². The largest absolute Gasteiger partial charge is 0.465 e. The molecule has 1 aliphatic heterocycles. The maximum atomic E-state index is 11.8. The SMILES string of the molecule is COC(=O)c1cc2c3c(ccc2cc1C=O)C(=O)OC3=O. The van der Waals surface area contributed by atoms with E-state index in [1.54, 1.807) is 6.07 Å². The molecule has 0 spiro atoms. The van der Waals surface area contributed by atoms with Crippen LogP contribution in [0.25, 0.3) is 10.8 Å². The lowest BCUT2D eigenvalue weighted by atomic mass is 9.95. The molecule has 0 fully saturated rings.